The summed E-state index contributed by atoms with van der Waals surface area (Å²) in [6, 6.07) is 11.3. The van der Waals surface area contributed by atoms with Crippen molar-refractivity contribution in [3.05, 3.63) is 63.4 Å². The zero-order valence-corrected chi connectivity index (χ0v) is 15.6. The smallest absolute Gasteiger partial charge is 0.331 e. The Bertz CT molecular complexity index is 805. The first-order valence-corrected chi connectivity index (χ1v) is 9.03. The van der Waals surface area contributed by atoms with Gasteiger partial charge in [-0.1, -0.05) is 29.8 Å². The van der Waals surface area contributed by atoms with E-state index in [2.05, 4.69) is 5.32 Å². The fraction of sp³-hybridized carbons (Fsp3) is 0.250. The van der Waals surface area contributed by atoms with Crippen molar-refractivity contribution >= 4 is 35.1 Å². The Labute approximate surface area is 156 Å². The highest BCUT2D eigenvalue weighted by Crippen LogP contribution is 2.17. The van der Waals surface area contributed by atoms with Gasteiger partial charge in [-0.15, -0.1) is 11.3 Å². The minimum atomic E-state index is -0.554. The maximum absolute atomic E-state index is 12.1. The van der Waals surface area contributed by atoms with E-state index in [0.29, 0.717) is 17.8 Å². The van der Waals surface area contributed by atoms with Gasteiger partial charge >= 0.3 is 5.97 Å². The summed E-state index contributed by atoms with van der Waals surface area (Å²) in [5.74, 6) is -0.873. The number of ketones is 1. The molecule has 1 heterocycles. The Morgan fingerprint density at radius 3 is 2.54 bits per heavy atom. The molecule has 0 aliphatic heterocycles. The number of nitrogens with one attached hydrogen (secondary N) is 1. The lowest BCUT2D eigenvalue weighted by Gasteiger charge is -2.00. The molecule has 0 saturated heterocycles. The molecule has 0 atom stereocenters. The highest BCUT2D eigenvalue weighted by molar-refractivity contribution is 7.14. The summed E-state index contributed by atoms with van der Waals surface area (Å²) in [6.45, 7) is 3.69. The Balaban J connectivity index is 1.78. The highest BCUT2D eigenvalue weighted by Gasteiger charge is 2.11. The van der Waals surface area contributed by atoms with Gasteiger partial charge in [-0.2, -0.15) is 0 Å². The number of carbonyl (C=O) groups excluding carboxylic acids is 3. The molecular weight excluding hydrogens is 350 g/mol. The van der Waals surface area contributed by atoms with Gasteiger partial charge in [0.2, 0.25) is 11.7 Å². The van der Waals surface area contributed by atoms with Gasteiger partial charge in [0.1, 0.15) is 0 Å². The van der Waals surface area contributed by atoms with Crippen LogP contribution in [0.4, 0.5) is 0 Å². The van der Waals surface area contributed by atoms with Crippen LogP contribution in [-0.4, -0.2) is 30.8 Å². The lowest BCUT2D eigenvalue weighted by atomic mass is 10.1. The van der Waals surface area contributed by atoms with Crippen molar-refractivity contribution in [2.75, 3.05) is 13.2 Å². The van der Waals surface area contributed by atoms with Crippen LogP contribution in [0.5, 0.6) is 0 Å². The molecule has 0 aliphatic rings. The van der Waals surface area contributed by atoms with Gasteiger partial charge in [-0.3, -0.25) is 9.59 Å². The van der Waals surface area contributed by atoms with Gasteiger partial charge in [0.25, 0.3) is 0 Å². The van der Waals surface area contributed by atoms with Gasteiger partial charge in [0.15, 0.2) is 6.61 Å². The van der Waals surface area contributed by atoms with Crippen molar-refractivity contribution in [2.45, 2.75) is 20.3 Å². The van der Waals surface area contributed by atoms with E-state index in [1.165, 1.54) is 24.3 Å². The topological polar surface area (TPSA) is 72.5 Å². The first-order chi connectivity index (χ1) is 12.4. The number of carbonyl (C=O) groups is 3. The van der Waals surface area contributed by atoms with Gasteiger partial charge in [0, 0.05) is 24.4 Å². The van der Waals surface area contributed by atoms with Gasteiger partial charge < -0.3 is 10.1 Å². The van der Waals surface area contributed by atoms with Crippen LogP contribution in [0.25, 0.3) is 6.08 Å². The summed E-state index contributed by atoms with van der Waals surface area (Å²) in [4.78, 5) is 36.2. The SMILES string of the molecule is CC(=O)NCCc1ccc(C(=O)COC(=O)/C=C/c2ccc(C)cc2)s1. The summed E-state index contributed by atoms with van der Waals surface area (Å²) in [5.41, 5.74) is 2.03. The fourth-order valence-electron chi connectivity index (χ4n) is 2.12. The lowest BCUT2D eigenvalue weighted by Crippen LogP contribution is -2.22. The monoisotopic (exact) mass is 371 g/mol. The molecule has 0 fully saturated rings. The van der Waals surface area contributed by atoms with E-state index in [4.69, 9.17) is 4.74 Å². The third kappa shape index (κ3) is 6.64. The molecule has 1 aromatic heterocycles. The van der Waals surface area contributed by atoms with E-state index < -0.39 is 5.97 Å². The Morgan fingerprint density at radius 1 is 1.12 bits per heavy atom. The van der Waals surface area contributed by atoms with Crippen LogP contribution in [-0.2, 0) is 20.7 Å². The van der Waals surface area contributed by atoms with Crippen LogP contribution in [0.1, 0.15) is 32.6 Å². The summed E-state index contributed by atoms with van der Waals surface area (Å²) in [7, 11) is 0. The van der Waals surface area contributed by atoms with Gasteiger partial charge in [-0.05, 0) is 37.1 Å². The molecule has 6 heteroatoms. The number of Topliss-reactive ketones (excluding diaryl/α,β-unsaturated/α-hetero) is 1. The molecule has 136 valence electrons. The molecule has 26 heavy (non-hydrogen) atoms. The largest absolute Gasteiger partial charge is 0.454 e. The number of esters is 1. The van der Waals surface area contributed by atoms with Crippen molar-refractivity contribution in [3.63, 3.8) is 0 Å². The molecule has 0 bridgehead atoms. The maximum atomic E-state index is 12.1. The average Bonchev–Trinajstić information content (AvgIpc) is 3.08. The summed E-state index contributed by atoms with van der Waals surface area (Å²) in [5, 5.41) is 2.71. The van der Waals surface area contributed by atoms with Crippen LogP contribution in [0.3, 0.4) is 0 Å². The van der Waals surface area contributed by atoms with E-state index in [1.54, 1.807) is 12.1 Å². The van der Waals surface area contributed by atoms with Crippen LogP contribution in [0.2, 0.25) is 0 Å². The minimum Gasteiger partial charge on any atom is -0.454 e. The molecule has 5 nitrogen and oxygen atoms in total. The average molecular weight is 371 g/mol. The molecule has 1 aromatic carbocycles. The molecule has 0 unspecified atom stereocenters. The molecule has 0 radical (unpaired) electrons. The number of hydrogen-bond donors (Lipinski definition) is 1. The van der Waals surface area contributed by atoms with E-state index in [0.717, 1.165) is 16.0 Å². The Kier molecular flexibility index (Phi) is 7.29. The van der Waals surface area contributed by atoms with Crippen LogP contribution in [0, 0.1) is 6.92 Å². The standard InChI is InChI=1S/C20H21NO4S/c1-14-3-5-16(6-4-14)7-10-20(24)25-13-18(23)19-9-8-17(26-19)11-12-21-15(2)22/h3-10H,11-13H2,1-2H3,(H,21,22)/b10-7+. The number of thiophene rings is 1. The summed E-state index contributed by atoms with van der Waals surface area (Å²) < 4.78 is 5.00. The third-order valence-corrected chi connectivity index (χ3v) is 4.70. The molecule has 1 amide bonds. The van der Waals surface area contributed by atoms with E-state index in [1.807, 2.05) is 37.3 Å². The number of hydrogen-bond acceptors (Lipinski definition) is 5. The van der Waals surface area contributed by atoms with Crippen molar-refractivity contribution in [1.82, 2.24) is 5.32 Å². The first-order valence-electron chi connectivity index (χ1n) is 8.22. The number of ether oxygens (including phenoxy) is 1. The normalized spacial score (nSPS) is 10.7. The van der Waals surface area contributed by atoms with E-state index >= 15 is 0 Å². The van der Waals surface area contributed by atoms with E-state index in [-0.39, 0.29) is 18.3 Å². The van der Waals surface area contributed by atoms with Gasteiger partial charge in [-0.25, -0.2) is 4.79 Å². The Hall–Kier alpha value is -2.73. The molecule has 0 saturated carbocycles. The van der Waals surface area contributed by atoms with Crippen LogP contribution >= 0.6 is 11.3 Å². The number of aryl methyl sites for hydroxylation is 1. The molecule has 1 N–H and O–H groups in total. The zero-order valence-electron chi connectivity index (χ0n) is 14.8. The number of benzene rings is 1. The minimum absolute atomic E-state index is 0.0801. The number of amides is 1. The summed E-state index contributed by atoms with van der Waals surface area (Å²) >= 11 is 1.35. The predicted molar refractivity (Wildman–Crippen MR) is 102 cm³/mol. The predicted octanol–water partition coefficient (Wildman–Crippen LogP) is 3.17. The third-order valence-electron chi connectivity index (χ3n) is 3.52. The number of rotatable bonds is 8. The molecule has 0 aliphatic carbocycles. The quantitative estimate of drug-likeness (QED) is 0.439. The zero-order chi connectivity index (χ0) is 18.9. The fourth-order valence-corrected chi connectivity index (χ4v) is 3.05. The second-order valence-corrected chi connectivity index (χ2v) is 6.94. The molecule has 2 aromatic rings. The van der Waals surface area contributed by atoms with Crippen molar-refractivity contribution < 1.29 is 19.1 Å². The van der Waals surface area contributed by atoms with Crippen LogP contribution < -0.4 is 5.32 Å². The second kappa shape index (κ2) is 9.68. The highest BCUT2D eigenvalue weighted by atomic mass is 32.1. The Morgan fingerprint density at radius 2 is 1.85 bits per heavy atom. The van der Waals surface area contributed by atoms with Gasteiger partial charge in [0.05, 0.1) is 4.88 Å². The maximum Gasteiger partial charge on any atom is 0.331 e. The molecular formula is C20H21NO4S. The van der Waals surface area contributed by atoms with Crippen LogP contribution in [0.15, 0.2) is 42.5 Å². The summed E-state index contributed by atoms with van der Waals surface area (Å²) in [6.07, 6.45) is 3.62. The van der Waals surface area contributed by atoms with Crippen molar-refractivity contribution in [1.29, 1.82) is 0 Å². The first kappa shape index (κ1) is 19.6. The molecule has 0 spiro atoms. The second-order valence-electron chi connectivity index (χ2n) is 5.77. The lowest BCUT2D eigenvalue weighted by molar-refractivity contribution is -0.136. The van der Waals surface area contributed by atoms with E-state index in [9.17, 15) is 14.4 Å². The molecule has 2 rings (SSSR count). The van der Waals surface area contributed by atoms with Crippen molar-refractivity contribution in [2.24, 2.45) is 0 Å². The van der Waals surface area contributed by atoms with Crippen molar-refractivity contribution in [3.8, 4) is 0 Å².